The standard InChI is InChI=1S/C17H26Cl2N2/c1-3-9-21(12-14-5-4-8-20-11-14)13(2)16-7-6-15(18)10-17(16)19/h6-7,10,13-14,20H,3-5,8-9,11-12H2,1-2H3. The van der Waals surface area contributed by atoms with Crippen molar-refractivity contribution in [1.29, 1.82) is 0 Å². The Morgan fingerprint density at radius 1 is 1.38 bits per heavy atom. The first-order valence-electron chi connectivity index (χ1n) is 8.01. The van der Waals surface area contributed by atoms with Crippen LogP contribution in [0.15, 0.2) is 18.2 Å². The molecule has 2 nitrogen and oxygen atoms in total. The molecule has 0 spiro atoms. The number of nitrogens with one attached hydrogen (secondary N) is 1. The van der Waals surface area contributed by atoms with E-state index < -0.39 is 0 Å². The van der Waals surface area contributed by atoms with Gasteiger partial charge in [0, 0.05) is 22.6 Å². The molecule has 1 saturated heterocycles. The molecular formula is C17H26Cl2N2. The van der Waals surface area contributed by atoms with Crippen LogP contribution in [0.1, 0.15) is 44.7 Å². The van der Waals surface area contributed by atoms with Crippen molar-refractivity contribution in [3.8, 4) is 0 Å². The molecule has 0 bridgehead atoms. The lowest BCUT2D eigenvalue weighted by molar-refractivity contribution is 0.163. The van der Waals surface area contributed by atoms with E-state index in [9.17, 15) is 0 Å². The van der Waals surface area contributed by atoms with E-state index in [-0.39, 0.29) is 0 Å². The third-order valence-corrected chi connectivity index (χ3v) is 4.93. The van der Waals surface area contributed by atoms with Crippen LogP contribution >= 0.6 is 23.2 Å². The zero-order valence-corrected chi connectivity index (χ0v) is 14.6. The van der Waals surface area contributed by atoms with Crippen LogP contribution in [0.3, 0.4) is 0 Å². The summed E-state index contributed by atoms with van der Waals surface area (Å²) in [7, 11) is 0. The van der Waals surface area contributed by atoms with E-state index in [1.807, 2.05) is 12.1 Å². The summed E-state index contributed by atoms with van der Waals surface area (Å²) in [5.74, 6) is 0.749. The van der Waals surface area contributed by atoms with Crippen molar-refractivity contribution >= 4 is 23.2 Å². The summed E-state index contributed by atoms with van der Waals surface area (Å²) < 4.78 is 0. The highest BCUT2D eigenvalue weighted by atomic mass is 35.5. The fourth-order valence-corrected chi connectivity index (χ4v) is 3.75. The minimum absolute atomic E-state index is 0.330. The van der Waals surface area contributed by atoms with Crippen LogP contribution in [0.2, 0.25) is 10.0 Å². The van der Waals surface area contributed by atoms with Crippen LogP contribution < -0.4 is 5.32 Å². The third kappa shape index (κ3) is 4.85. The summed E-state index contributed by atoms with van der Waals surface area (Å²) in [4.78, 5) is 2.56. The molecule has 0 amide bonds. The molecular weight excluding hydrogens is 303 g/mol. The number of piperidine rings is 1. The summed E-state index contributed by atoms with van der Waals surface area (Å²) in [5.41, 5.74) is 1.18. The van der Waals surface area contributed by atoms with E-state index in [1.165, 1.54) is 24.9 Å². The first-order chi connectivity index (χ1) is 10.1. The molecule has 2 unspecified atom stereocenters. The van der Waals surface area contributed by atoms with E-state index in [4.69, 9.17) is 23.2 Å². The number of rotatable bonds is 6. The van der Waals surface area contributed by atoms with Crippen LogP contribution in [0.5, 0.6) is 0 Å². The largest absolute Gasteiger partial charge is 0.316 e. The molecule has 0 saturated carbocycles. The molecule has 1 aliphatic heterocycles. The highest BCUT2D eigenvalue weighted by Gasteiger charge is 2.22. The highest BCUT2D eigenvalue weighted by Crippen LogP contribution is 2.30. The van der Waals surface area contributed by atoms with Crippen molar-refractivity contribution in [2.24, 2.45) is 5.92 Å². The molecule has 1 aromatic carbocycles. The Morgan fingerprint density at radius 3 is 2.81 bits per heavy atom. The molecule has 1 fully saturated rings. The average Bonchev–Trinajstić information content (AvgIpc) is 2.47. The van der Waals surface area contributed by atoms with E-state index in [2.05, 4.69) is 30.1 Å². The quantitative estimate of drug-likeness (QED) is 0.809. The monoisotopic (exact) mass is 328 g/mol. The minimum Gasteiger partial charge on any atom is -0.316 e. The van der Waals surface area contributed by atoms with Gasteiger partial charge in [0.25, 0.3) is 0 Å². The van der Waals surface area contributed by atoms with Crippen molar-refractivity contribution in [2.75, 3.05) is 26.2 Å². The molecule has 0 aliphatic carbocycles. The molecule has 2 atom stereocenters. The van der Waals surface area contributed by atoms with Gasteiger partial charge in [0.1, 0.15) is 0 Å². The first-order valence-corrected chi connectivity index (χ1v) is 8.77. The minimum atomic E-state index is 0.330. The van der Waals surface area contributed by atoms with Gasteiger partial charge in [0.05, 0.1) is 0 Å². The van der Waals surface area contributed by atoms with Crippen molar-refractivity contribution in [2.45, 2.75) is 39.2 Å². The van der Waals surface area contributed by atoms with Gasteiger partial charge in [-0.25, -0.2) is 0 Å². The van der Waals surface area contributed by atoms with Gasteiger partial charge in [-0.1, -0.05) is 36.2 Å². The van der Waals surface area contributed by atoms with Gasteiger partial charge < -0.3 is 5.32 Å². The van der Waals surface area contributed by atoms with Crippen LogP contribution in [0.25, 0.3) is 0 Å². The first kappa shape index (κ1) is 17.1. The Labute approximate surface area is 138 Å². The van der Waals surface area contributed by atoms with Crippen molar-refractivity contribution in [3.05, 3.63) is 33.8 Å². The number of hydrogen-bond acceptors (Lipinski definition) is 2. The van der Waals surface area contributed by atoms with Crippen molar-refractivity contribution < 1.29 is 0 Å². The van der Waals surface area contributed by atoms with Gasteiger partial charge in [0.15, 0.2) is 0 Å². The molecule has 118 valence electrons. The maximum Gasteiger partial charge on any atom is 0.0468 e. The van der Waals surface area contributed by atoms with E-state index in [0.717, 1.165) is 37.0 Å². The summed E-state index contributed by atoms with van der Waals surface area (Å²) >= 11 is 12.4. The van der Waals surface area contributed by atoms with Gasteiger partial charge in [-0.3, -0.25) is 4.90 Å². The van der Waals surface area contributed by atoms with Gasteiger partial charge in [-0.15, -0.1) is 0 Å². The molecule has 1 aliphatic rings. The molecule has 1 heterocycles. The molecule has 0 radical (unpaired) electrons. The number of hydrogen-bond donors (Lipinski definition) is 1. The number of halogens is 2. The lowest BCUT2D eigenvalue weighted by Gasteiger charge is -2.34. The third-order valence-electron chi connectivity index (χ3n) is 4.36. The lowest BCUT2D eigenvalue weighted by Crippen LogP contribution is -2.39. The van der Waals surface area contributed by atoms with Gasteiger partial charge in [0.2, 0.25) is 0 Å². The molecule has 1 N–H and O–H groups in total. The van der Waals surface area contributed by atoms with E-state index in [1.54, 1.807) is 0 Å². The fourth-order valence-electron chi connectivity index (χ4n) is 3.18. The normalized spacial score (nSPS) is 20.7. The number of benzene rings is 1. The summed E-state index contributed by atoms with van der Waals surface area (Å²) in [5, 5.41) is 4.99. The number of nitrogens with zero attached hydrogens (tertiary/aromatic N) is 1. The van der Waals surface area contributed by atoms with Gasteiger partial charge >= 0.3 is 0 Å². The Kier molecular flexibility index (Phi) is 6.81. The van der Waals surface area contributed by atoms with Crippen molar-refractivity contribution in [3.63, 3.8) is 0 Å². The topological polar surface area (TPSA) is 15.3 Å². The Balaban J connectivity index is 2.08. The van der Waals surface area contributed by atoms with Crippen LogP contribution in [-0.2, 0) is 0 Å². The van der Waals surface area contributed by atoms with Gasteiger partial charge in [-0.05, 0) is 69.4 Å². The zero-order chi connectivity index (χ0) is 15.2. The van der Waals surface area contributed by atoms with Crippen LogP contribution in [0, 0.1) is 5.92 Å². The Hall–Kier alpha value is -0.280. The maximum absolute atomic E-state index is 6.39. The predicted molar refractivity (Wildman–Crippen MR) is 92.3 cm³/mol. The van der Waals surface area contributed by atoms with E-state index in [0.29, 0.717) is 11.1 Å². The van der Waals surface area contributed by atoms with Crippen molar-refractivity contribution in [1.82, 2.24) is 10.2 Å². The maximum atomic E-state index is 6.39. The Bertz CT molecular complexity index is 444. The highest BCUT2D eigenvalue weighted by molar-refractivity contribution is 6.35. The molecule has 0 aromatic heterocycles. The van der Waals surface area contributed by atoms with Crippen LogP contribution in [0.4, 0.5) is 0 Å². The zero-order valence-electron chi connectivity index (χ0n) is 13.0. The fraction of sp³-hybridized carbons (Fsp3) is 0.647. The summed E-state index contributed by atoms with van der Waals surface area (Å²) in [6, 6.07) is 6.18. The second-order valence-electron chi connectivity index (χ2n) is 6.05. The van der Waals surface area contributed by atoms with Crippen LogP contribution in [-0.4, -0.2) is 31.1 Å². The molecule has 4 heteroatoms. The second kappa shape index (κ2) is 8.38. The predicted octanol–water partition coefficient (Wildman–Crippen LogP) is 4.77. The summed E-state index contributed by atoms with van der Waals surface area (Å²) in [6.45, 7) is 9.05. The van der Waals surface area contributed by atoms with E-state index >= 15 is 0 Å². The summed E-state index contributed by atoms with van der Waals surface area (Å²) in [6.07, 6.45) is 3.78. The molecule has 21 heavy (non-hydrogen) atoms. The molecule has 1 aromatic rings. The Morgan fingerprint density at radius 2 is 2.19 bits per heavy atom. The van der Waals surface area contributed by atoms with Gasteiger partial charge in [-0.2, -0.15) is 0 Å². The smallest absolute Gasteiger partial charge is 0.0468 e. The second-order valence-corrected chi connectivity index (χ2v) is 6.89. The SMILES string of the molecule is CCCN(CC1CCCNC1)C(C)c1ccc(Cl)cc1Cl. The lowest BCUT2D eigenvalue weighted by atomic mass is 9.97. The molecule has 2 rings (SSSR count). The average molecular weight is 329 g/mol.